The van der Waals surface area contributed by atoms with Gasteiger partial charge in [-0.15, -0.1) is 0 Å². The Hall–Kier alpha value is -3.14. The number of fused-ring (bicyclic) bond motifs is 3. The number of rotatable bonds is 4. The van der Waals surface area contributed by atoms with Crippen molar-refractivity contribution in [3.8, 4) is 22.6 Å². The predicted molar refractivity (Wildman–Crippen MR) is 100 cm³/mol. The van der Waals surface area contributed by atoms with Crippen molar-refractivity contribution in [2.75, 3.05) is 0 Å². The fourth-order valence-corrected chi connectivity index (χ4v) is 2.86. The Balaban J connectivity index is 1.87. The van der Waals surface area contributed by atoms with E-state index in [9.17, 15) is 9.59 Å². The Morgan fingerprint density at radius 2 is 1.15 bits per heavy atom. The minimum Gasteiger partial charge on any atom is -0.423 e. The van der Waals surface area contributed by atoms with Crippen LogP contribution in [0.3, 0.4) is 0 Å². The summed E-state index contributed by atoms with van der Waals surface area (Å²) in [5, 5.41) is 0. The highest BCUT2D eigenvalue weighted by atomic mass is 16.5. The summed E-state index contributed by atoms with van der Waals surface area (Å²) >= 11 is 0. The molecule has 0 unspecified atom stereocenters. The zero-order chi connectivity index (χ0) is 18.8. The van der Waals surface area contributed by atoms with Crippen molar-refractivity contribution in [2.24, 2.45) is 0 Å². The Morgan fingerprint density at radius 3 is 1.50 bits per heavy atom. The van der Waals surface area contributed by atoms with E-state index in [4.69, 9.17) is 9.47 Å². The van der Waals surface area contributed by atoms with Crippen molar-refractivity contribution in [3.63, 3.8) is 0 Å². The van der Waals surface area contributed by atoms with Gasteiger partial charge in [-0.1, -0.05) is 25.3 Å². The van der Waals surface area contributed by atoms with E-state index in [0.29, 0.717) is 22.6 Å². The third kappa shape index (κ3) is 3.59. The molecule has 0 aromatic heterocycles. The van der Waals surface area contributed by atoms with Gasteiger partial charge in [-0.2, -0.15) is 0 Å². The summed E-state index contributed by atoms with van der Waals surface area (Å²) in [5.41, 5.74) is 5.17. The van der Waals surface area contributed by atoms with E-state index < -0.39 is 11.9 Å². The minimum atomic E-state index is -0.426. The molecule has 4 nitrogen and oxygen atoms in total. The number of benzene rings is 2. The van der Waals surface area contributed by atoms with Crippen LogP contribution in [0.25, 0.3) is 11.1 Å². The van der Waals surface area contributed by atoms with Gasteiger partial charge >= 0.3 is 11.9 Å². The summed E-state index contributed by atoms with van der Waals surface area (Å²) in [6, 6.07) is 11.3. The Morgan fingerprint density at radius 1 is 0.769 bits per heavy atom. The topological polar surface area (TPSA) is 52.6 Å². The highest BCUT2D eigenvalue weighted by molar-refractivity contribution is 5.89. The molecule has 1 aliphatic rings. The second-order valence-corrected chi connectivity index (χ2v) is 6.48. The normalized spacial score (nSPS) is 11.8. The first-order valence-corrected chi connectivity index (χ1v) is 8.37. The van der Waals surface area contributed by atoms with Crippen molar-refractivity contribution in [1.29, 1.82) is 0 Å². The van der Waals surface area contributed by atoms with Crippen LogP contribution < -0.4 is 9.47 Å². The molecule has 0 spiro atoms. The largest absolute Gasteiger partial charge is 0.423 e. The summed E-state index contributed by atoms with van der Waals surface area (Å²) in [7, 11) is 0. The SMILES string of the molecule is C=C(C)C(=O)Oc1ccc2c(c1)CCc1cc(OC(=O)C(=C)C)ccc1-2. The first-order valence-electron chi connectivity index (χ1n) is 8.37. The molecular weight excluding hydrogens is 328 g/mol. The highest BCUT2D eigenvalue weighted by Crippen LogP contribution is 2.37. The Kier molecular flexibility index (Phi) is 4.76. The lowest BCUT2D eigenvalue weighted by molar-refractivity contribution is -0.130. The van der Waals surface area contributed by atoms with E-state index in [1.165, 1.54) is 0 Å². The van der Waals surface area contributed by atoms with Gasteiger partial charge in [-0.05, 0) is 73.2 Å². The fraction of sp³-hybridized carbons (Fsp3) is 0.182. The van der Waals surface area contributed by atoms with Crippen LogP contribution in [0.4, 0.5) is 0 Å². The molecule has 0 N–H and O–H groups in total. The predicted octanol–water partition coefficient (Wildman–Crippen LogP) is 4.42. The molecule has 3 rings (SSSR count). The molecule has 132 valence electrons. The van der Waals surface area contributed by atoms with E-state index >= 15 is 0 Å². The van der Waals surface area contributed by atoms with Gasteiger partial charge in [-0.25, -0.2) is 9.59 Å². The molecule has 1 aliphatic carbocycles. The molecule has 0 heterocycles. The summed E-state index contributed by atoms with van der Waals surface area (Å²) in [5.74, 6) is 0.190. The first-order chi connectivity index (χ1) is 12.3. The van der Waals surface area contributed by atoms with E-state index in [-0.39, 0.29) is 0 Å². The fourth-order valence-electron chi connectivity index (χ4n) is 2.86. The highest BCUT2D eigenvalue weighted by Gasteiger charge is 2.19. The molecular formula is C22H20O4. The molecule has 0 amide bonds. The van der Waals surface area contributed by atoms with Gasteiger partial charge in [0.15, 0.2) is 0 Å². The molecule has 2 aromatic rings. The van der Waals surface area contributed by atoms with Crippen LogP contribution in [0.1, 0.15) is 25.0 Å². The maximum atomic E-state index is 11.7. The van der Waals surface area contributed by atoms with E-state index in [1.807, 2.05) is 24.3 Å². The Bertz CT molecular complexity index is 860. The summed E-state index contributed by atoms with van der Waals surface area (Å²) in [6.45, 7) is 10.4. The smallest absolute Gasteiger partial charge is 0.338 e. The number of hydrogen-bond donors (Lipinski definition) is 0. The summed E-state index contributed by atoms with van der Waals surface area (Å²) in [6.07, 6.45) is 1.64. The molecule has 0 aliphatic heterocycles. The lowest BCUT2D eigenvalue weighted by Crippen LogP contribution is -2.11. The van der Waals surface area contributed by atoms with E-state index in [0.717, 1.165) is 35.1 Å². The molecule has 26 heavy (non-hydrogen) atoms. The van der Waals surface area contributed by atoms with Crippen LogP contribution in [0.2, 0.25) is 0 Å². The quantitative estimate of drug-likeness (QED) is 0.466. The zero-order valence-electron chi connectivity index (χ0n) is 14.9. The number of hydrogen-bond acceptors (Lipinski definition) is 4. The van der Waals surface area contributed by atoms with Gasteiger partial charge in [0.2, 0.25) is 0 Å². The molecule has 0 saturated carbocycles. The van der Waals surface area contributed by atoms with Crippen molar-refractivity contribution in [3.05, 3.63) is 71.8 Å². The van der Waals surface area contributed by atoms with Crippen LogP contribution in [0.5, 0.6) is 11.5 Å². The third-order valence-electron chi connectivity index (χ3n) is 4.23. The van der Waals surface area contributed by atoms with Crippen LogP contribution >= 0.6 is 0 Å². The maximum absolute atomic E-state index is 11.7. The molecule has 0 atom stereocenters. The van der Waals surface area contributed by atoms with Crippen LogP contribution in [0, 0.1) is 0 Å². The molecule has 0 radical (unpaired) electrons. The van der Waals surface area contributed by atoms with Crippen molar-refractivity contribution < 1.29 is 19.1 Å². The van der Waals surface area contributed by atoms with Crippen LogP contribution in [-0.4, -0.2) is 11.9 Å². The van der Waals surface area contributed by atoms with Gasteiger partial charge < -0.3 is 9.47 Å². The third-order valence-corrected chi connectivity index (χ3v) is 4.23. The van der Waals surface area contributed by atoms with Gasteiger partial charge in [0.1, 0.15) is 11.5 Å². The molecule has 0 bridgehead atoms. The summed E-state index contributed by atoms with van der Waals surface area (Å²) in [4.78, 5) is 23.4. The monoisotopic (exact) mass is 348 g/mol. The maximum Gasteiger partial charge on any atom is 0.338 e. The second kappa shape index (κ2) is 7.00. The minimum absolute atomic E-state index is 0.366. The lowest BCUT2D eigenvalue weighted by Gasteiger charge is -2.21. The van der Waals surface area contributed by atoms with Crippen molar-refractivity contribution >= 4 is 11.9 Å². The molecule has 2 aromatic carbocycles. The second-order valence-electron chi connectivity index (χ2n) is 6.48. The van der Waals surface area contributed by atoms with Crippen molar-refractivity contribution in [1.82, 2.24) is 0 Å². The number of carbonyl (C=O) groups is 2. The van der Waals surface area contributed by atoms with Crippen LogP contribution in [-0.2, 0) is 22.4 Å². The number of ether oxygens (including phenoxy) is 2. The van der Waals surface area contributed by atoms with Crippen molar-refractivity contribution in [2.45, 2.75) is 26.7 Å². The molecule has 0 saturated heterocycles. The zero-order valence-corrected chi connectivity index (χ0v) is 14.9. The number of carbonyl (C=O) groups excluding carboxylic acids is 2. The average Bonchev–Trinajstić information content (AvgIpc) is 2.61. The first kappa shape index (κ1) is 17.7. The lowest BCUT2D eigenvalue weighted by atomic mass is 9.85. The van der Waals surface area contributed by atoms with E-state index in [1.54, 1.807) is 26.0 Å². The van der Waals surface area contributed by atoms with Gasteiger partial charge in [-0.3, -0.25) is 0 Å². The average molecular weight is 348 g/mol. The standard InChI is InChI=1S/C22H20O4/c1-13(2)21(23)25-17-7-9-19-15(11-17)5-6-16-12-18(8-10-20(16)19)26-22(24)14(3)4/h7-12H,1,3,5-6H2,2,4H3. The van der Waals surface area contributed by atoms with Crippen LogP contribution in [0.15, 0.2) is 60.7 Å². The van der Waals surface area contributed by atoms with Gasteiger partial charge in [0, 0.05) is 11.1 Å². The summed E-state index contributed by atoms with van der Waals surface area (Å²) < 4.78 is 10.6. The molecule has 0 fully saturated rings. The Labute approximate surface area is 152 Å². The number of aryl methyl sites for hydroxylation is 2. The van der Waals surface area contributed by atoms with E-state index in [2.05, 4.69) is 13.2 Å². The van der Waals surface area contributed by atoms with Gasteiger partial charge in [0.25, 0.3) is 0 Å². The number of esters is 2. The molecule has 4 heteroatoms. The van der Waals surface area contributed by atoms with Gasteiger partial charge in [0.05, 0.1) is 0 Å².